The first kappa shape index (κ1) is 37.3. The highest BCUT2D eigenvalue weighted by molar-refractivity contribution is 7.13. The van der Waals surface area contributed by atoms with E-state index in [1.54, 1.807) is 36.9 Å². The molecule has 8 rings (SSSR count). The van der Waals surface area contributed by atoms with Crippen molar-refractivity contribution in [3.05, 3.63) is 120 Å². The van der Waals surface area contributed by atoms with Crippen molar-refractivity contribution in [3.8, 4) is 11.5 Å². The fraction of sp³-hybridized carbons (Fsp3) is 0.250. The molecule has 2 fully saturated rings. The molecule has 0 spiro atoms. The van der Waals surface area contributed by atoms with Gasteiger partial charge in [0.1, 0.15) is 11.5 Å². The highest BCUT2D eigenvalue weighted by Crippen LogP contribution is 2.27. The largest absolute Gasteiger partial charge is 0.497 e. The van der Waals surface area contributed by atoms with Crippen LogP contribution in [0.4, 0.5) is 44.4 Å². The second-order valence-corrected chi connectivity index (χ2v) is 14.2. The number of ether oxygens (including phenoxy) is 2. The molecule has 4 heterocycles. The molecular weight excluding hydrogens is 705 g/mol. The lowest BCUT2D eigenvalue weighted by Gasteiger charge is -2.37. The molecular formula is C40H46N8O3S2. The van der Waals surface area contributed by atoms with E-state index in [2.05, 4.69) is 113 Å². The van der Waals surface area contributed by atoms with Crippen LogP contribution in [0, 0.1) is 0 Å². The molecule has 0 amide bonds. The molecule has 6 aromatic rings. The predicted molar refractivity (Wildman–Crippen MR) is 222 cm³/mol. The van der Waals surface area contributed by atoms with E-state index in [4.69, 9.17) is 9.47 Å². The lowest BCUT2D eigenvalue weighted by molar-refractivity contribution is 0.414. The van der Waals surface area contributed by atoms with Gasteiger partial charge >= 0.3 is 0 Å². The second-order valence-electron chi connectivity index (χ2n) is 12.4. The van der Waals surface area contributed by atoms with Crippen LogP contribution in [0.3, 0.4) is 0 Å². The van der Waals surface area contributed by atoms with Crippen molar-refractivity contribution in [2.75, 3.05) is 96.8 Å². The zero-order valence-corrected chi connectivity index (χ0v) is 31.7. The van der Waals surface area contributed by atoms with Crippen LogP contribution in [0.5, 0.6) is 11.5 Å². The maximum Gasteiger partial charge on any atom is 0.187 e. The Labute approximate surface area is 319 Å². The van der Waals surface area contributed by atoms with Gasteiger partial charge in [0.05, 0.1) is 14.2 Å². The van der Waals surface area contributed by atoms with E-state index >= 15 is 0 Å². The SMILES string of the molecule is COc1ccc(N2CCN(c3ccc(Nc4nccs4)cc3)CC2)cc1.COc1ccc(N2CCN(c3ccc(Nc4nccs4)cc3)CC2)cc1.O. The molecule has 2 saturated heterocycles. The number of aromatic nitrogens is 2. The van der Waals surface area contributed by atoms with E-state index in [0.29, 0.717) is 0 Å². The summed E-state index contributed by atoms with van der Waals surface area (Å²) in [6, 6.07) is 33.8. The molecule has 0 bridgehead atoms. The third-order valence-electron chi connectivity index (χ3n) is 9.27. The summed E-state index contributed by atoms with van der Waals surface area (Å²) in [7, 11) is 3.40. The number of benzene rings is 4. The molecule has 4 N–H and O–H groups in total. The van der Waals surface area contributed by atoms with E-state index < -0.39 is 0 Å². The van der Waals surface area contributed by atoms with E-state index in [9.17, 15) is 0 Å². The zero-order valence-electron chi connectivity index (χ0n) is 30.0. The van der Waals surface area contributed by atoms with E-state index in [0.717, 1.165) is 85.5 Å². The molecule has 0 aliphatic carbocycles. The van der Waals surface area contributed by atoms with Gasteiger partial charge in [-0.2, -0.15) is 0 Å². The minimum atomic E-state index is 0. The molecule has 0 radical (unpaired) electrons. The summed E-state index contributed by atoms with van der Waals surface area (Å²) in [5.41, 5.74) is 7.19. The Bertz CT molecular complexity index is 1770. The molecule has 2 aliphatic rings. The first-order valence-electron chi connectivity index (χ1n) is 17.4. The fourth-order valence-electron chi connectivity index (χ4n) is 6.36. The predicted octanol–water partition coefficient (Wildman–Crippen LogP) is 7.62. The van der Waals surface area contributed by atoms with Crippen molar-refractivity contribution < 1.29 is 14.9 Å². The minimum absolute atomic E-state index is 0. The number of rotatable bonds is 10. The molecule has 13 heteroatoms. The fourth-order valence-corrected chi connectivity index (χ4v) is 7.46. The van der Waals surface area contributed by atoms with Gasteiger partial charge in [0.25, 0.3) is 0 Å². The van der Waals surface area contributed by atoms with Gasteiger partial charge in [-0.3, -0.25) is 0 Å². The summed E-state index contributed by atoms with van der Waals surface area (Å²) in [5.74, 6) is 1.80. The van der Waals surface area contributed by atoms with Crippen LogP contribution in [-0.2, 0) is 0 Å². The van der Waals surface area contributed by atoms with Gasteiger partial charge in [0.15, 0.2) is 10.3 Å². The minimum Gasteiger partial charge on any atom is -0.497 e. The normalized spacial score (nSPS) is 14.1. The maximum absolute atomic E-state index is 5.24. The van der Waals surface area contributed by atoms with Crippen molar-refractivity contribution in [2.45, 2.75) is 0 Å². The van der Waals surface area contributed by atoms with Crippen molar-refractivity contribution >= 4 is 67.1 Å². The summed E-state index contributed by atoms with van der Waals surface area (Å²) in [6.45, 7) is 8.15. The molecule has 0 atom stereocenters. The van der Waals surface area contributed by atoms with Crippen LogP contribution in [0.2, 0.25) is 0 Å². The van der Waals surface area contributed by atoms with Crippen LogP contribution in [0.1, 0.15) is 0 Å². The summed E-state index contributed by atoms with van der Waals surface area (Å²) in [4.78, 5) is 18.2. The standard InChI is InChI=1S/2C20H22N4OS.H2O/c2*1-25-19-8-6-18(7-9-19)24-13-11-23(12-14-24)17-4-2-16(3-5-17)22-20-21-10-15-26-20;/h2*2-10,15H,11-14H2,1H3,(H,21,22);1H2. The number of hydrogen-bond donors (Lipinski definition) is 2. The second kappa shape index (κ2) is 18.3. The first-order valence-corrected chi connectivity index (χ1v) is 19.2. The Morgan fingerprint density at radius 1 is 0.453 bits per heavy atom. The van der Waals surface area contributed by atoms with Crippen molar-refractivity contribution in [3.63, 3.8) is 0 Å². The Morgan fingerprint density at radius 2 is 0.736 bits per heavy atom. The molecule has 2 aliphatic heterocycles. The molecule has 4 aromatic carbocycles. The van der Waals surface area contributed by atoms with Crippen LogP contribution in [0.25, 0.3) is 0 Å². The van der Waals surface area contributed by atoms with Gasteiger partial charge in [0.2, 0.25) is 0 Å². The number of nitrogens with one attached hydrogen (secondary N) is 2. The van der Waals surface area contributed by atoms with Gasteiger partial charge in [0, 0.05) is 110 Å². The molecule has 11 nitrogen and oxygen atoms in total. The lowest BCUT2D eigenvalue weighted by atomic mass is 10.2. The van der Waals surface area contributed by atoms with Crippen molar-refractivity contribution in [2.24, 2.45) is 0 Å². The Balaban J connectivity index is 0.000000178. The number of thiazole rings is 2. The monoisotopic (exact) mass is 750 g/mol. The molecule has 2 aromatic heterocycles. The van der Waals surface area contributed by atoms with Crippen LogP contribution in [-0.4, -0.2) is 82.0 Å². The zero-order chi connectivity index (χ0) is 35.5. The van der Waals surface area contributed by atoms with Gasteiger partial charge in [-0.25, -0.2) is 9.97 Å². The smallest absolute Gasteiger partial charge is 0.187 e. The number of hydrogen-bond acceptors (Lipinski definition) is 12. The lowest BCUT2D eigenvalue weighted by Crippen LogP contribution is -2.46. The van der Waals surface area contributed by atoms with Crippen LogP contribution < -0.4 is 39.7 Å². The number of anilines is 8. The van der Waals surface area contributed by atoms with E-state index in [1.165, 1.54) is 22.7 Å². The number of methoxy groups -OCH3 is 2. The van der Waals surface area contributed by atoms with Crippen LogP contribution in [0.15, 0.2) is 120 Å². The van der Waals surface area contributed by atoms with Crippen LogP contribution >= 0.6 is 22.7 Å². The van der Waals surface area contributed by atoms with Gasteiger partial charge < -0.3 is 45.2 Å². The highest BCUT2D eigenvalue weighted by atomic mass is 32.1. The quantitative estimate of drug-likeness (QED) is 0.145. The third-order valence-corrected chi connectivity index (χ3v) is 10.6. The molecule has 53 heavy (non-hydrogen) atoms. The molecule has 276 valence electrons. The first-order chi connectivity index (χ1) is 25.6. The van der Waals surface area contributed by atoms with E-state index in [1.807, 2.05) is 47.4 Å². The Kier molecular flexibility index (Phi) is 12.9. The number of piperazine rings is 2. The van der Waals surface area contributed by atoms with Crippen molar-refractivity contribution in [1.29, 1.82) is 0 Å². The summed E-state index contributed by atoms with van der Waals surface area (Å²) >= 11 is 3.21. The molecule has 0 saturated carbocycles. The Hall–Kier alpha value is -5.50. The average molecular weight is 751 g/mol. The van der Waals surface area contributed by atoms with Gasteiger partial charge in [-0.1, -0.05) is 0 Å². The summed E-state index contributed by atoms with van der Waals surface area (Å²) in [5, 5.41) is 12.4. The van der Waals surface area contributed by atoms with Gasteiger partial charge in [-0.05, 0) is 97.1 Å². The van der Waals surface area contributed by atoms with E-state index in [-0.39, 0.29) is 5.48 Å². The summed E-state index contributed by atoms with van der Waals surface area (Å²) in [6.07, 6.45) is 3.62. The van der Waals surface area contributed by atoms with Crippen molar-refractivity contribution in [1.82, 2.24) is 9.97 Å². The highest BCUT2D eigenvalue weighted by Gasteiger charge is 2.19. The Morgan fingerprint density at radius 3 is 0.981 bits per heavy atom. The molecule has 0 unspecified atom stereocenters. The summed E-state index contributed by atoms with van der Waals surface area (Å²) < 4.78 is 10.5. The van der Waals surface area contributed by atoms with Gasteiger partial charge in [-0.15, -0.1) is 22.7 Å². The average Bonchev–Trinajstić information content (AvgIpc) is 3.94. The topological polar surface area (TPSA) is 113 Å². The number of nitrogens with zero attached hydrogens (tertiary/aromatic N) is 6. The third kappa shape index (κ3) is 9.89. The maximum atomic E-state index is 5.24.